The van der Waals surface area contributed by atoms with Crippen LogP contribution in [0.15, 0.2) is 24.3 Å². The number of aromatic nitrogens is 1. The first kappa shape index (κ1) is 18.8. The molecule has 0 N–H and O–H groups in total. The van der Waals surface area contributed by atoms with Crippen molar-refractivity contribution < 1.29 is 27.8 Å². The molecule has 1 aromatic heterocycles. The van der Waals surface area contributed by atoms with Crippen molar-refractivity contribution in [3.8, 4) is 5.75 Å². The Morgan fingerprint density at radius 1 is 1.28 bits per heavy atom. The number of aryl methyl sites for hydroxylation is 1. The summed E-state index contributed by atoms with van der Waals surface area (Å²) in [6, 6.07) is 5.32. The molecule has 0 fully saturated rings. The van der Waals surface area contributed by atoms with Gasteiger partial charge in [0.1, 0.15) is 10.6 Å². The molecule has 0 bridgehead atoms. The van der Waals surface area contributed by atoms with E-state index in [4.69, 9.17) is 4.74 Å². The zero-order chi connectivity index (χ0) is 18.6. The predicted octanol–water partition coefficient (Wildman–Crippen LogP) is 3.51. The molecule has 0 radical (unpaired) electrons. The highest BCUT2D eigenvalue weighted by Crippen LogP contribution is 2.27. The quantitative estimate of drug-likeness (QED) is 0.728. The van der Waals surface area contributed by atoms with Crippen LogP contribution in [-0.4, -0.2) is 37.1 Å². The molecule has 1 heterocycles. The lowest BCUT2D eigenvalue weighted by Crippen LogP contribution is -2.26. The van der Waals surface area contributed by atoms with Crippen LogP contribution in [0.5, 0.6) is 5.75 Å². The van der Waals surface area contributed by atoms with Gasteiger partial charge in [-0.05, 0) is 38.1 Å². The summed E-state index contributed by atoms with van der Waals surface area (Å²) >= 11 is 1.05. The van der Waals surface area contributed by atoms with E-state index in [0.717, 1.165) is 11.3 Å². The lowest BCUT2D eigenvalue weighted by molar-refractivity contribution is -0.0498. The number of nitrogens with zero attached hydrogens (tertiary/aromatic N) is 2. The van der Waals surface area contributed by atoms with Crippen molar-refractivity contribution in [2.24, 2.45) is 0 Å². The molecule has 1 amide bonds. The summed E-state index contributed by atoms with van der Waals surface area (Å²) in [6.07, 6.45) is 0. The zero-order valence-corrected chi connectivity index (χ0v) is 14.6. The number of anilines is 1. The molecule has 0 aliphatic heterocycles. The van der Waals surface area contributed by atoms with Gasteiger partial charge in [-0.25, -0.2) is 9.78 Å². The molecule has 0 saturated heterocycles. The molecule has 0 atom stereocenters. The minimum absolute atomic E-state index is 0.0381. The van der Waals surface area contributed by atoms with E-state index in [2.05, 4.69) is 9.72 Å². The number of rotatable bonds is 6. The highest BCUT2D eigenvalue weighted by Gasteiger charge is 2.22. The molecule has 0 aliphatic carbocycles. The van der Waals surface area contributed by atoms with Crippen LogP contribution in [0.1, 0.15) is 32.6 Å². The first-order valence-electron chi connectivity index (χ1n) is 7.31. The largest absolute Gasteiger partial charge is 0.462 e. The Balaban J connectivity index is 2.17. The Labute approximate surface area is 147 Å². The number of carbonyl (C=O) groups excluding carboxylic acids is 2. The molecule has 9 heteroatoms. The standard InChI is InChI=1S/C16H16F2N2O4S/c1-4-23-14(22)12-9(2)19-16(25-12)20(3)13(21)10-5-7-11(8-6-10)24-15(17)18/h5-8,15H,4H2,1-3H3. The van der Waals surface area contributed by atoms with Gasteiger partial charge in [0.15, 0.2) is 5.13 Å². The number of ether oxygens (including phenoxy) is 2. The van der Waals surface area contributed by atoms with Crippen molar-refractivity contribution in [2.75, 3.05) is 18.6 Å². The minimum Gasteiger partial charge on any atom is -0.462 e. The van der Waals surface area contributed by atoms with Crippen LogP contribution >= 0.6 is 11.3 Å². The maximum Gasteiger partial charge on any atom is 0.387 e. The fourth-order valence-electron chi connectivity index (χ4n) is 1.97. The van der Waals surface area contributed by atoms with Gasteiger partial charge in [-0.3, -0.25) is 9.69 Å². The molecule has 2 rings (SSSR count). The van der Waals surface area contributed by atoms with E-state index < -0.39 is 18.5 Å². The van der Waals surface area contributed by atoms with Gasteiger partial charge in [0.05, 0.1) is 12.3 Å². The van der Waals surface area contributed by atoms with E-state index in [9.17, 15) is 18.4 Å². The Morgan fingerprint density at radius 3 is 2.48 bits per heavy atom. The molecule has 6 nitrogen and oxygen atoms in total. The summed E-state index contributed by atoms with van der Waals surface area (Å²) < 4.78 is 33.5. The van der Waals surface area contributed by atoms with Gasteiger partial charge < -0.3 is 9.47 Å². The van der Waals surface area contributed by atoms with Crippen LogP contribution in [0.3, 0.4) is 0 Å². The minimum atomic E-state index is -2.93. The third kappa shape index (κ3) is 4.50. The van der Waals surface area contributed by atoms with E-state index >= 15 is 0 Å². The number of halogens is 2. The van der Waals surface area contributed by atoms with Crippen LogP contribution in [0, 0.1) is 6.92 Å². The van der Waals surface area contributed by atoms with Crippen molar-refractivity contribution in [1.29, 1.82) is 0 Å². The summed E-state index contributed by atoms with van der Waals surface area (Å²) in [4.78, 5) is 30.1. The van der Waals surface area contributed by atoms with Crippen LogP contribution in [-0.2, 0) is 4.74 Å². The highest BCUT2D eigenvalue weighted by molar-refractivity contribution is 7.17. The van der Waals surface area contributed by atoms with Crippen molar-refractivity contribution in [2.45, 2.75) is 20.5 Å². The van der Waals surface area contributed by atoms with Gasteiger partial charge in [0.25, 0.3) is 5.91 Å². The number of thiazole rings is 1. The number of alkyl halides is 2. The second kappa shape index (κ2) is 8.02. The van der Waals surface area contributed by atoms with E-state index in [0.29, 0.717) is 15.7 Å². The zero-order valence-electron chi connectivity index (χ0n) is 13.8. The second-order valence-corrected chi connectivity index (χ2v) is 5.88. The maximum absolute atomic E-state index is 12.5. The van der Waals surface area contributed by atoms with E-state index in [-0.39, 0.29) is 17.9 Å². The number of hydrogen-bond acceptors (Lipinski definition) is 6. The lowest BCUT2D eigenvalue weighted by atomic mass is 10.2. The molecule has 134 valence electrons. The Hall–Kier alpha value is -2.55. The van der Waals surface area contributed by atoms with E-state index in [1.807, 2.05) is 0 Å². The monoisotopic (exact) mass is 370 g/mol. The van der Waals surface area contributed by atoms with Gasteiger partial charge in [-0.1, -0.05) is 11.3 Å². The normalized spacial score (nSPS) is 10.6. The molecular weight excluding hydrogens is 354 g/mol. The predicted molar refractivity (Wildman–Crippen MR) is 88.6 cm³/mol. The molecule has 0 spiro atoms. The fraction of sp³-hybridized carbons (Fsp3) is 0.312. The molecular formula is C16H16F2N2O4S. The van der Waals surface area contributed by atoms with E-state index in [1.54, 1.807) is 13.8 Å². The van der Waals surface area contributed by atoms with Crippen molar-refractivity contribution in [3.05, 3.63) is 40.4 Å². The van der Waals surface area contributed by atoms with Gasteiger partial charge in [-0.2, -0.15) is 8.78 Å². The lowest BCUT2D eigenvalue weighted by Gasteiger charge is -2.14. The summed E-state index contributed by atoms with van der Waals surface area (Å²) in [5, 5.41) is 0.332. The van der Waals surface area contributed by atoms with Crippen molar-refractivity contribution in [1.82, 2.24) is 4.98 Å². The molecule has 0 aliphatic rings. The molecule has 0 saturated carbocycles. The summed E-state index contributed by atoms with van der Waals surface area (Å²) in [6.45, 7) is 0.671. The van der Waals surface area contributed by atoms with Crippen molar-refractivity contribution in [3.63, 3.8) is 0 Å². The summed E-state index contributed by atoms with van der Waals surface area (Å²) in [5.41, 5.74) is 0.744. The van der Waals surface area contributed by atoms with Gasteiger partial charge in [-0.15, -0.1) is 0 Å². The highest BCUT2D eigenvalue weighted by atomic mass is 32.1. The molecule has 2 aromatic rings. The van der Waals surface area contributed by atoms with Gasteiger partial charge in [0, 0.05) is 12.6 Å². The third-order valence-corrected chi connectivity index (χ3v) is 4.38. The first-order valence-corrected chi connectivity index (χ1v) is 8.12. The number of hydrogen-bond donors (Lipinski definition) is 0. The van der Waals surface area contributed by atoms with Crippen LogP contribution in [0.4, 0.5) is 13.9 Å². The van der Waals surface area contributed by atoms with E-state index in [1.165, 1.54) is 36.2 Å². The van der Waals surface area contributed by atoms with Crippen LogP contribution < -0.4 is 9.64 Å². The smallest absolute Gasteiger partial charge is 0.387 e. The van der Waals surface area contributed by atoms with Gasteiger partial charge in [0.2, 0.25) is 0 Å². The Morgan fingerprint density at radius 2 is 1.92 bits per heavy atom. The first-order chi connectivity index (χ1) is 11.8. The topological polar surface area (TPSA) is 68.7 Å². The van der Waals surface area contributed by atoms with Crippen molar-refractivity contribution >= 4 is 28.3 Å². The summed E-state index contributed by atoms with van der Waals surface area (Å²) in [5.74, 6) is -0.922. The number of amides is 1. The fourth-order valence-corrected chi connectivity index (χ4v) is 2.89. The van der Waals surface area contributed by atoms with Crippen LogP contribution in [0.2, 0.25) is 0 Å². The Kier molecular flexibility index (Phi) is 6.02. The molecule has 25 heavy (non-hydrogen) atoms. The number of benzene rings is 1. The Bertz CT molecular complexity index is 762. The maximum atomic E-state index is 12.5. The second-order valence-electron chi connectivity index (χ2n) is 4.90. The average Bonchev–Trinajstić information content (AvgIpc) is 2.96. The molecule has 1 aromatic carbocycles. The number of esters is 1. The van der Waals surface area contributed by atoms with Gasteiger partial charge >= 0.3 is 12.6 Å². The SMILES string of the molecule is CCOC(=O)c1sc(N(C)C(=O)c2ccc(OC(F)F)cc2)nc1C. The van der Waals surface area contributed by atoms with Crippen LogP contribution in [0.25, 0.3) is 0 Å². The third-order valence-electron chi connectivity index (χ3n) is 3.16. The average molecular weight is 370 g/mol. The summed E-state index contributed by atoms with van der Waals surface area (Å²) in [7, 11) is 1.51. The number of carbonyl (C=O) groups is 2. The molecule has 0 unspecified atom stereocenters.